The third kappa shape index (κ3) is 9.12. The summed E-state index contributed by atoms with van der Waals surface area (Å²) in [6, 6.07) is 11.6. The highest BCUT2D eigenvalue weighted by atomic mass is 127. The van der Waals surface area contributed by atoms with E-state index in [0.29, 0.717) is 36.7 Å². The van der Waals surface area contributed by atoms with Crippen LogP contribution in [0.2, 0.25) is 0 Å². The molecule has 5 N–H and O–H groups in total. The second kappa shape index (κ2) is 12.9. The van der Waals surface area contributed by atoms with Crippen LogP contribution in [0.15, 0.2) is 53.5 Å². The molecule has 2 rings (SSSR count). The standard InChI is InChI=1S/C21H24F3N5O2.HI/c1-2-26-20(29-12-15-5-9-17(10-6-15)21(22,23)24)28-11-14-3-7-16(8-4-14)19(31)27-13-18(25)30;/h3-10H,2,11-13H2,1H3,(H2,25,30)(H,27,31)(H2,26,28,29);1H. The van der Waals surface area contributed by atoms with Crippen molar-refractivity contribution in [2.45, 2.75) is 26.2 Å². The van der Waals surface area contributed by atoms with E-state index in [9.17, 15) is 22.8 Å². The number of nitrogens with zero attached hydrogens (tertiary/aromatic N) is 1. The molecule has 174 valence electrons. The Kier molecular flexibility index (Phi) is 11.0. The molecule has 0 spiro atoms. The van der Waals surface area contributed by atoms with Crippen molar-refractivity contribution in [1.29, 1.82) is 0 Å². The number of nitrogens with one attached hydrogen (secondary N) is 3. The van der Waals surface area contributed by atoms with Gasteiger partial charge in [-0.3, -0.25) is 9.59 Å². The molecule has 0 aliphatic carbocycles. The van der Waals surface area contributed by atoms with Crippen LogP contribution < -0.4 is 21.7 Å². The molecule has 32 heavy (non-hydrogen) atoms. The number of aliphatic imine (C=N–C) groups is 1. The average Bonchev–Trinajstić information content (AvgIpc) is 2.74. The number of halogens is 4. The van der Waals surface area contributed by atoms with Gasteiger partial charge in [-0.25, -0.2) is 4.99 Å². The van der Waals surface area contributed by atoms with Crippen LogP contribution in [0.5, 0.6) is 0 Å². The lowest BCUT2D eigenvalue weighted by Crippen LogP contribution is -2.36. The monoisotopic (exact) mass is 563 g/mol. The van der Waals surface area contributed by atoms with Gasteiger partial charge in [-0.05, 0) is 42.3 Å². The van der Waals surface area contributed by atoms with Crippen molar-refractivity contribution in [2.75, 3.05) is 13.1 Å². The Morgan fingerprint density at radius 3 is 2.06 bits per heavy atom. The van der Waals surface area contributed by atoms with Gasteiger partial charge in [-0.2, -0.15) is 13.2 Å². The number of rotatable bonds is 8. The first-order valence-corrected chi connectivity index (χ1v) is 9.52. The molecule has 2 aromatic rings. The van der Waals surface area contributed by atoms with Gasteiger partial charge in [0.15, 0.2) is 5.96 Å². The molecule has 7 nitrogen and oxygen atoms in total. The molecular weight excluding hydrogens is 538 g/mol. The van der Waals surface area contributed by atoms with E-state index < -0.39 is 23.6 Å². The fourth-order valence-corrected chi connectivity index (χ4v) is 2.54. The Bertz CT molecular complexity index is 917. The number of hydrogen-bond donors (Lipinski definition) is 4. The molecule has 0 aliphatic rings. The van der Waals surface area contributed by atoms with Crippen LogP contribution in [0.25, 0.3) is 0 Å². The van der Waals surface area contributed by atoms with E-state index >= 15 is 0 Å². The molecule has 0 saturated heterocycles. The summed E-state index contributed by atoms with van der Waals surface area (Å²) >= 11 is 0. The summed E-state index contributed by atoms with van der Waals surface area (Å²) in [5, 5.41) is 8.54. The number of guanidine groups is 1. The van der Waals surface area contributed by atoms with Crippen LogP contribution in [-0.2, 0) is 24.1 Å². The summed E-state index contributed by atoms with van der Waals surface area (Å²) in [7, 11) is 0. The van der Waals surface area contributed by atoms with Gasteiger partial charge < -0.3 is 21.7 Å². The molecule has 0 saturated carbocycles. The van der Waals surface area contributed by atoms with Gasteiger partial charge in [-0.1, -0.05) is 24.3 Å². The molecule has 2 aromatic carbocycles. The molecule has 2 amide bonds. The minimum atomic E-state index is -4.36. The van der Waals surface area contributed by atoms with E-state index in [1.165, 1.54) is 12.1 Å². The quantitative estimate of drug-likeness (QED) is 0.225. The molecule has 11 heteroatoms. The van der Waals surface area contributed by atoms with Crippen LogP contribution >= 0.6 is 24.0 Å². The van der Waals surface area contributed by atoms with Crippen molar-refractivity contribution in [3.63, 3.8) is 0 Å². The van der Waals surface area contributed by atoms with Crippen molar-refractivity contribution in [3.05, 3.63) is 70.8 Å². The van der Waals surface area contributed by atoms with E-state index in [4.69, 9.17) is 5.73 Å². The largest absolute Gasteiger partial charge is 0.416 e. The Hall–Kier alpha value is -2.83. The number of hydrogen-bond acceptors (Lipinski definition) is 3. The first kappa shape index (κ1) is 27.2. The predicted molar refractivity (Wildman–Crippen MR) is 126 cm³/mol. The molecule has 0 bridgehead atoms. The average molecular weight is 563 g/mol. The zero-order chi connectivity index (χ0) is 22.9. The van der Waals surface area contributed by atoms with E-state index in [0.717, 1.165) is 17.7 Å². The summed E-state index contributed by atoms with van der Waals surface area (Å²) in [5.74, 6) is -0.523. The van der Waals surface area contributed by atoms with Gasteiger partial charge in [-0.15, -0.1) is 24.0 Å². The Morgan fingerprint density at radius 2 is 1.53 bits per heavy atom. The topological polar surface area (TPSA) is 109 Å². The van der Waals surface area contributed by atoms with Gasteiger partial charge >= 0.3 is 6.18 Å². The molecule has 0 atom stereocenters. The van der Waals surface area contributed by atoms with Gasteiger partial charge in [0.25, 0.3) is 5.91 Å². The molecule has 0 radical (unpaired) electrons. The maximum Gasteiger partial charge on any atom is 0.416 e. The lowest BCUT2D eigenvalue weighted by atomic mass is 10.1. The van der Waals surface area contributed by atoms with E-state index in [2.05, 4.69) is 20.9 Å². The number of carbonyl (C=O) groups is 2. The summed E-state index contributed by atoms with van der Waals surface area (Å²) in [6.45, 7) is 2.91. The van der Waals surface area contributed by atoms with Crippen LogP contribution in [0.4, 0.5) is 13.2 Å². The van der Waals surface area contributed by atoms with Gasteiger partial charge in [0.1, 0.15) is 0 Å². The molecule has 0 fully saturated rings. The third-order valence-electron chi connectivity index (χ3n) is 4.14. The van der Waals surface area contributed by atoms with Gasteiger partial charge in [0.05, 0.1) is 18.7 Å². The normalized spacial score (nSPS) is 11.3. The minimum absolute atomic E-state index is 0. The maximum atomic E-state index is 12.6. The van der Waals surface area contributed by atoms with Crippen LogP contribution in [0.3, 0.4) is 0 Å². The molecule has 0 aliphatic heterocycles. The third-order valence-corrected chi connectivity index (χ3v) is 4.14. The predicted octanol–water partition coefficient (Wildman–Crippen LogP) is 2.79. The maximum absolute atomic E-state index is 12.6. The zero-order valence-corrected chi connectivity index (χ0v) is 19.7. The van der Waals surface area contributed by atoms with Crippen LogP contribution in [0, 0.1) is 0 Å². The summed E-state index contributed by atoms with van der Waals surface area (Å²) < 4.78 is 37.9. The van der Waals surface area contributed by atoms with Crippen molar-refractivity contribution in [1.82, 2.24) is 16.0 Å². The number of benzene rings is 2. The van der Waals surface area contributed by atoms with E-state index in [1.807, 2.05) is 6.92 Å². The van der Waals surface area contributed by atoms with E-state index in [1.54, 1.807) is 24.3 Å². The Labute approximate surface area is 201 Å². The fourth-order valence-electron chi connectivity index (χ4n) is 2.54. The zero-order valence-electron chi connectivity index (χ0n) is 17.3. The lowest BCUT2D eigenvalue weighted by molar-refractivity contribution is -0.137. The molecule has 0 aromatic heterocycles. The first-order chi connectivity index (χ1) is 14.7. The number of primary amides is 1. The lowest BCUT2D eigenvalue weighted by Gasteiger charge is -2.12. The number of alkyl halides is 3. The second-order valence-electron chi connectivity index (χ2n) is 6.59. The molecule has 0 heterocycles. The number of nitrogens with two attached hydrogens (primary N) is 1. The first-order valence-electron chi connectivity index (χ1n) is 9.52. The summed E-state index contributed by atoms with van der Waals surface area (Å²) in [5.41, 5.74) is 6.23. The molecular formula is C21H25F3IN5O2. The summed E-state index contributed by atoms with van der Waals surface area (Å²) in [4.78, 5) is 27.0. The Balaban J connectivity index is 0.00000512. The van der Waals surface area contributed by atoms with Gasteiger partial charge in [0, 0.05) is 18.7 Å². The Morgan fingerprint density at radius 1 is 0.938 bits per heavy atom. The minimum Gasteiger partial charge on any atom is -0.368 e. The van der Waals surface area contributed by atoms with Crippen molar-refractivity contribution in [2.24, 2.45) is 10.7 Å². The molecule has 0 unspecified atom stereocenters. The number of amides is 2. The van der Waals surface area contributed by atoms with Crippen molar-refractivity contribution in [3.8, 4) is 0 Å². The smallest absolute Gasteiger partial charge is 0.368 e. The highest BCUT2D eigenvalue weighted by molar-refractivity contribution is 14.0. The summed E-state index contributed by atoms with van der Waals surface area (Å²) in [6.07, 6.45) is -4.36. The van der Waals surface area contributed by atoms with E-state index in [-0.39, 0.29) is 30.5 Å². The fraction of sp³-hybridized carbons (Fsp3) is 0.286. The van der Waals surface area contributed by atoms with Gasteiger partial charge in [0.2, 0.25) is 5.91 Å². The van der Waals surface area contributed by atoms with Crippen molar-refractivity contribution < 1.29 is 22.8 Å². The van der Waals surface area contributed by atoms with Crippen molar-refractivity contribution >= 4 is 41.8 Å². The van der Waals surface area contributed by atoms with Crippen LogP contribution in [-0.4, -0.2) is 30.9 Å². The SMILES string of the molecule is CCNC(=NCc1ccc(C(=O)NCC(N)=O)cc1)NCc1ccc(C(F)(F)F)cc1.I. The highest BCUT2D eigenvalue weighted by Gasteiger charge is 2.29. The highest BCUT2D eigenvalue weighted by Crippen LogP contribution is 2.29. The number of carbonyl (C=O) groups excluding carboxylic acids is 2. The second-order valence-corrected chi connectivity index (χ2v) is 6.59. The van der Waals surface area contributed by atoms with Crippen LogP contribution in [0.1, 0.15) is 34.0 Å².